The van der Waals surface area contributed by atoms with E-state index >= 15 is 0 Å². The van der Waals surface area contributed by atoms with Gasteiger partial charge < -0.3 is 19.9 Å². The van der Waals surface area contributed by atoms with E-state index in [9.17, 15) is 0 Å². The van der Waals surface area contributed by atoms with Crippen LogP contribution in [0, 0.1) is 0 Å². The smallest absolute Gasteiger partial charge is 0.123 e. The highest BCUT2D eigenvalue weighted by molar-refractivity contribution is 7.80. The minimum Gasteiger partial charge on any atom is -0.497 e. The molecular weight excluding hydrogens is 238 g/mol. The maximum absolute atomic E-state index is 5.58. The predicted molar refractivity (Wildman–Crippen MR) is 70.8 cm³/mol. The number of hydrogen-bond acceptors (Lipinski definition) is 4. The summed E-state index contributed by atoms with van der Waals surface area (Å²) in [7, 11) is 3.22. The van der Waals surface area contributed by atoms with E-state index in [2.05, 4.69) is 0 Å². The van der Waals surface area contributed by atoms with Gasteiger partial charge in [-0.1, -0.05) is 12.2 Å². The SMILES string of the molecule is COc1cc(OCC(C)OC)cc(C(N)=S)c1. The van der Waals surface area contributed by atoms with Gasteiger partial charge in [-0.25, -0.2) is 0 Å². The molecule has 1 aromatic carbocycles. The summed E-state index contributed by atoms with van der Waals surface area (Å²) < 4.78 is 15.8. The lowest BCUT2D eigenvalue weighted by Crippen LogP contribution is -2.16. The first kappa shape index (κ1) is 13.7. The van der Waals surface area contributed by atoms with Crippen LogP contribution < -0.4 is 15.2 Å². The Balaban J connectivity index is 2.83. The number of ether oxygens (including phenoxy) is 3. The number of thiocarbonyl (C=S) groups is 1. The van der Waals surface area contributed by atoms with E-state index in [0.717, 1.165) is 5.56 Å². The molecule has 0 aliphatic heterocycles. The van der Waals surface area contributed by atoms with Gasteiger partial charge in [0.15, 0.2) is 0 Å². The number of methoxy groups -OCH3 is 2. The van der Waals surface area contributed by atoms with Crippen LogP contribution in [0.2, 0.25) is 0 Å². The van der Waals surface area contributed by atoms with Crippen molar-refractivity contribution in [2.75, 3.05) is 20.8 Å². The molecule has 0 saturated heterocycles. The molecule has 0 fully saturated rings. The molecule has 0 aliphatic rings. The molecule has 5 heteroatoms. The van der Waals surface area contributed by atoms with Crippen molar-refractivity contribution in [1.29, 1.82) is 0 Å². The summed E-state index contributed by atoms with van der Waals surface area (Å²) in [5.41, 5.74) is 6.31. The Hall–Kier alpha value is -1.33. The molecule has 0 bridgehead atoms. The van der Waals surface area contributed by atoms with Gasteiger partial charge in [-0.15, -0.1) is 0 Å². The molecule has 0 spiro atoms. The summed E-state index contributed by atoms with van der Waals surface area (Å²) in [4.78, 5) is 0.313. The standard InChI is InChI=1S/C12H17NO3S/c1-8(14-2)7-16-11-5-9(12(13)17)4-10(6-11)15-3/h4-6,8H,7H2,1-3H3,(H2,13,17). The van der Waals surface area contributed by atoms with Crippen LogP contribution in [0.5, 0.6) is 11.5 Å². The van der Waals surface area contributed by atoms with Gasteiger partial charge in [-0.3, -0.25) is 0 Å². The molecule has 0 aliphatic carbocycles. The first-order valence-electron chi connectivity index (χ1n) is 5.21. The highest BCUT2D eigenvalue weighted by Crippen LogP contribution is 2.23. The van der Waals surface area contributed by atoms with Crippen molar-refractivity contribution in [2.24, 2.45) is 5.73 Å². The first-order valence-corrected chi connectivity index (χ1v) is 5.62. The third kappa shape index (κ3) is 4.20. The Morgan fingerprint density at radius 3 is 2.47 bits per heavy atom. The van der Waals surface area contributed by atoms with Crippen LogP contribution in [0.25, 0.3) is 0 Å². The molecular formula is C12H17NO3S. The van der Waals surface area contributed by atoms with Crippen LogP contribution in [-0.4, -0.2) is 31.9 Å². The van der Waals surface area contributed by atoms with Gasteiger partial charge in [0.25, 0.3) is 0 Å². The number of hydrogen-bond donors (Lipinski definition) is 1. The molecule has 0 amide bonds. The van der Waals surface area contributed by atoms with Crippen LogP contribution in [-0.2, 0) is 4.74 Å². The Labute approximate surface area is 107 Å². The van der Waals surface area contributed by atoms with Gasteiger partial charge in [0.1, 0.15) is 23.1 Å². The summed E-state index contributed by atoms with van der Waals surface area (Å²) in [5.74, 6) is 1.33. The largest absolute Gasteiger partial charge is 0.497 e. The highest BCUT2D eigenvalue weighted by Gasteiger charge is 2.06. The molecule has 0 aromatic heterocycles. The molecule has 1 rings (SSSR count). The zero-order chi connectivity index (χ0) is 12.8. The average molecular weight is 255 g/mol. The molecule has 0 radical (unpaired) electrons. The zero-order valence-corrected chi connectivity index (χ0v) is 11.0. The molecule has 94 valence electrons. The fourth-order valence-corrected chi connectivity index (χ4v) is 1.31. The zero-order valence-electron chi connectivity index (χ0n) is 10.2. The van der Waals surface area contributed by atoms with E-state index in [1.54, 1.807) is 32.4 Å². The van der Waals surface area contributed by atoms with Crippen molar-refractivity contribution in [3.8, 4) is 11.5 Å². The highest BCUT2D eigenvalue weighted by atomic mass is 32.1. The second-order valence-corrected chi connectivity index (χ2v) is 4.06. The lowest BCUT2D eigenvalue weighted by atomic mass is 10.2. The molecule has 0 saturated carbocycles. The lowest BCUT2D eigenvalue weighted by Gasteiger charge is -2.13. The second-order valence-electron chi connectivity index (χ2n) is 3.62. The molecule has 0 heterocycles. The van der Waals surface area contributed by atoms with Crippen molar-refractivity contribution in [3.05, 3.63) is 23.8 Å². The van der Waals surface area contributed by atoms with Crippen LogP contribution in [0.3, 0.4) is 0 Å². The quantitative estimate of drug-likeness (QED) is 0.785. The van der Waals surface area contributed by atoms with Gasteiger partial charge >= 0.3 is 0 Å². The van der Waals surface area contributed by atoms with Crippen molar-refractivity contribution < 1.29 is 14.2 Å². The Morgan fingerprint density at radius 1 is 1.29 bits per heavy atom. The molecule has 1 unspecified atom stereocenters. The normalized spacial score (nSPS) is 11.9. The van der Waals surface area contributed by atoms with Crippen molar-refractivity contribution in [1.82, 2.24) is 0 Å². The van der Waals surface area contributed by atoms with E-state index in [1.165, 1.54) is 0 Å². The van der Waals surface area contributed by atoms with Crippen LogP contribution in [0.1, 0.15) is 12.5 Å². The first-order chi connectivity index (χ1) is 8.06. The fraction of sp³-hybridized carbons (Fsp3) is 0.417. The number of rotatable bonds is 6. The minimum atomic E-state index is 0.0227. The van der Waals surface area contributed by atoms with Crippen molar-refractivity contribution in [2.45, 2.75) is 13.0 Å². The van der Waals surface area contributed by atoms with E-state index in [0.29, 0.717) is 23.1 Å². The summed E-state index contributed by atoms with van der Waals surface area (Å²) in [6.45, 7) is 2.38. The van der Waals surface area contributed by atoms with Gasteiger partial charge in [-0.2, -0.15) is 0 Å². The maximum atomic E-state index is 5.58. The summed E-state index contributed by atoms with van der Waals surface area (Å²) in [6.07, 6.45) is 0.0227. The van der Waals surface area contributed by atoms with Crippen molar-refractivity contribution in [3.63, 3.8) is 0 Å². The topological polar surface area (TPSA) is 53.7 Å². The van der Waals surface area contributed by atoms with Crippen LogP contribution in [0.15, 0.2) is 18.2 Å². The van der Waals surface area contributed by atoms with Gasteiger partial charge in [0.05, 0.1) is 13.2 Å². The molecule has 17 heavy (non-hydrogen) atoms. The Bertz CT molecular complexity index is 395. The lowest BCUT2D eigenvalue weighted by molar-refractivity contribution is 0.0716. The predicted octanol–water partition coefficient (Wildman–Crippen LogP) is 1.74. The summed E-state index contributed by atoms with van der Waals surface area (Å²) in [5, 5.41) is 0. The van der Waals surface area contributed by atoms with E-state index in [4.69, 9.17) is 32.2 Å². The summed E-state index contributed by atoms with van der Waals surface area (Å²) >= 11 is 4.93. The van der Waals surface area contributed by atoms with Crippen LogP contribution >= 0.6 is 12.2 Å². The molecule has 1 atom stereocenters. The summed E-state index contributed by atoms with van der Waals surface area (Å²) in [6, 6.07) is 5.34. The third-order valence-corrected chi connectivity index (χ3v) is 2.52. The van der Waals surface area contributed by atoms with Gasteiger partial charge in [-0.05, 0) is 19.1 Å². The van der Waals surface area contributed by atoms with Gasteiger partial charge in [0.2, 0.25) is 0 Å². The fourth-order valence-electron chi connectivity index (χ4n) is 1.20. The number of nitrogens with two attached hydrogens (primary N) is 1. The second kappa shape index (κ2) is 6.42. The Morgan fingerprint density at radius 2 is 1.94 bits per heavy atom. The minimum absolute atomic E-state index is 0.0227. The third-order valence-electron chi connectivity index (χ3n) is 2.29. The maximum Gasteiger partial charge on any atom is 0.123 e. The molecule has 1 aromatic rings. The van der Waals surface area contributed by atoms with Crippen molar-refractivity contribution >= 4 is 17.2 Å². The molecule has 2 N–H and O–H groups in total. The number of benzene rings is 1. The monoisotopic (exact) mass is 255 g/mol. The van der Waals surface area contributed by atoms with E-state index in [-0.39, 0.29) is 6.10 Å². The van der Waals surface area contributed by atoms with Gasteiger partial charge in [0, 0.05) is 18.7 Å². The average Bonchev–Trinajstić information content (AvgIpc) is 2.35. The molecule has 4 nitrogen and oxygen atoms in total. The van der Waals surface area contributed by atoms with Crippen LogP contribution in [0.4, 0.5) is 0 Å². The Kier molecular flexibility index (Phi) is 5.18. The van der Waals surface area contributed by atoms with E-state index < -0.39 is 0 Å². The van der Waals surface area contributed by atoms with E-state index in [1.807, 2.05) is 6.92 Å².